The summed E-state index contributed by atoms with van der Waals surface area (Å²) in [6.07, 6.45) is 5.57. The summed E-state index contributed by atoms with van der Waals surface area (Å²) in [5.74, 6) is 0.801. The Bertz CT molecular complexity index is 746. The molecule has 4 nitrogen and oxygen atoms in total. The van der Waals surface area contributed by atoms with E-state index in [4.69, 9.17) is 0 Å². The van der Waals surface area contributed by atoms with Crippen LogP contribution < -0.4 is 0 Å². The van der Waals surface area contributed by atoms with Gasteiger partial charge in [-0.1, -0.05) is 32.9 Å². The SMILES string of the molecule is Cc1cccc(S(=O)(=O)N(C)C2CCC(N3CCC(C(C)(C)C)CC3)C2)c1. The number of piperidine rings is 1. The fourth-order valence-corrected chi connectivity index (χ4v) is 6.37. The molecule has 0 bridgehead atoms. The first-order chi connectivity index (χ1) is 12.6. The number of hydrogen-bond donors (Lipinski definition) is 0. The number of sulfonamides is 1. The van der Waals surface area contributed by atoms with Crippen LogP contribution >= 0.6 is 0 Å². The van der Waals surface area contributed by atoms with Crippen LogP contribution in [0.25, 0.3) is 0 Å². The van der Waals surface area contributed by atoms with E-state index in [1.165, 1.54) is 12.8 Å². The Labute approximate surface area is 166 Å². The highest BCUT2D eigenvalue weighted by molar-refractivity contribution is 7.89. The van der Waals surface area contributed by atoms with Crippen molar-refractivity contribution < 1.29 is 8.42 Å². The molecule has 1 heterocycles. The van der Waals surface area contributed by atoms with Crippen LogP contribution in [0.15, 0.2) is 29.2 Å². The molecule has 0 aromatic heterocycles. The van der Waals surface area contributed by atoms with Crippen LogP contribution in [-0.4, -0.2) is 49.8 Å². The van der Waals surface area contributed by atoms with Crippen molar-refractivity contribution in [3.8, 4) is 0 Å². The van der Waals surface area contributed by atoms with Crippen molar-refractivity contribution in [1.82, 2.24) is 9.21 Å². The number of nitrogens with zero attached hydrogens (tertiary/aromatic N) is 2. The van der Waals surface area contributed by atoms with Crippen LogP contribution in [0.2, 0.25) is 0 Å². The molecule has 5 heteroatoms. The molecule has 2 unspecified atom stereocenters. The predicted octanol–water partition coefficient (Wildman–Crippen LogP) is 4.29. The third-order valence-electron chi connectivity index (χ3n) is 6.83. The lowest BCUT2D eigenvalue weighted by Gasteiger charge is -2.41. The summed E-state index contributed by atoms with van der Waals surface area (Å²) >= 11 is 0. The number of aryl methyl sites for hydroxylation is 1. The fraction of sp³-hybridized carbons (Fsp3) is 0.727. The van der Waals surface area contributed by atoms with E-state index >= 15 is 0 Å². The quantitative estimate of drug-likeness (QED) is 0.767. The summed E-state index contributed by atoms with van der Waals surface area (Å²) in [5, 5.41) is 0. The minimum absolute atomic E-state index is 0.112. The third-order valence-corrected chi connectivity index (χ3v) is 8.73. The molecule has 1 aliphatic carbocycles. The zero-order valence-corrected chi connectivity index (χ0v) is 18.4. The highest BCUT2D eigenvalue weighted by Gasteiger charge is 2.38. The van der Waals surface area contributed by atoms with Crippen molar-refractivity contribution in [1.29, 1.82) is 0 Å². The van der Waals surface area contributed by atoms with Crippen LogP contribution in [0, 0.1) is 18.3 Å². The molecule has 0 spiro atoms. The second-order valence-corrected chi connectivity index (χ2v) is 11.6. The van der Waals surface area contributed by atoms with Gasteiger partial charge in [0.25, 0.3) is 0 Å². The van der Waals surface area contributed by atoms with E-state index in [0.29, 0.717) is 16.4 Å². The molecule has 0 N–H and O–H groups in total. The smallest absolute Gasteiger partial charge is 0.243 e. The van der Waals surface area contributed by atoms with Crippen molar-refractivity contribution in [3.05, 3.63) is 29.8 Å². The molecule has 1 aromatic carbocycles. The lowest BCUT2D eigenvalue weighted by atomic mass is 9.75. The first-order valence-corrected chi connectivity index (χ1v) is 11.8. The molecule has 27 heavy (non-hydrogen) atoms. The van der Waals surface area contributed by atoms with Gasteiger partial charge in [-0.15, -0.1) is 0 Å². The summed E-state index contributed by atoms with van der Waals surface area (Å²) < 4.78 is 27.7. The van der Waals surface area contributed by atoms with Crippen molar-refractivity contribution in [2.45, 2.75) is 76.8 Å². The average molecular weight is 393 g/mol. The highest BCUT2D eigenvalue weighted by Crippen LogP contribution is 2.37. The van der Waals surface area contributed by atoms with E-state index in [9.17, 15) is 8.42 Å². The monoisotopic (exact) mass is 392 g/mol. The maximum atomic E-state index is 13.0. The van der Waals surface area contributed by atoms with Gasteiger partial charge in [-0.05, 0) is 81.1 Å². The first kappa shape index (κ1) is 20.8. The van der Waals surface area contributed by atoms with Crippen LogP contribution in [0.1, 0.15) is 58.4 Å². The molecule has 1 aromatic rings. The Kier molecular flexibility index (Phi) is 6.05. The number of likely N-dealkylation sites (tertiary alicyclic amines) is 1. The van der Waals surface area contributed by atoms with Crippen molar-refractivity contribution in [2.24, 2.45) is 11.3 Å². The van der Waals surface area contributed by atoms with E-state index < -0.39 is 10.0 Å². The second kappa shape index (κ2) is 7.84. The molecule has 0 amide bonds. The van der Waals surface area contributed by atoms with Gasteiger partial charge in [-0.2, -0.15) is 4.31 Å². The zero-order chi connectivity index (χ0) is 19.8. The van der Waals surface area contributed by atoms with Crippen LogP contribution in [-0.2, 0) is 10.0 Å². The van der Waals surface area contributed by atoms with Gasteiger partial charge in [0.05, 0.1) is 4.90 Å². The lowest BCUT2D eigenvalue weighted by molar-refractivity contribution is 0.0827. The van der Waals surface area contributed by atoms with Crippen molar-refractivity contribution >= 4 is 10.0 Å². The Morgan fingerprint density at radius 2 is 1.74 bits per heavy atom. The number of rotatable bonds is 4. The van der Waals surface area contributed by atoms with E-state index in [1.54, 1.807) is 23.5 Å². The van der Waals surface area contributed by atoms with E-state index in [2.05, 4.69) is 25.7 Å². The van der Waals surface area contributed by atoms with Crippen LogP contribution in [0.3, 0.4) is 0 Å². The summed E-state index contributed by atoms with van der Waals surface area (Å²) in [7, 11) is -1.65. The third kappa shape index (κ3) is 4.57. The summed E-state index contributed by atoms with van der Waals surface area (Å²) in [6, 6.07) is 7.89. The van der Waals surface area contributed by atoms with Gasteiger partial charge in [0, 0.05) is 19.1 Å². The maximum Gasteiger partial charge on any atom is 0.243 e. The normalized spacial score (nSPS) is 26.0. The standard InChI is InChI=1S/C22H36N2O2S/c1-17-7-6-8-21(15-17)27(25,26)23(5)19-9-10-20(16-19)24-13-11-18(12-14-24)22(2,3)4/h6-8,15,18-20H,9-14,16H2,1-5H3. The fourth-order valence-electron chi connectivity index (χ4n) is 4.87. The van der Waals surface area contributed by atoms with E-state index in [0.717, 1.165) is 43.8 Å². The van der Waals surface area contributed by atoms with Crippen LogP contribution in [0.5, 0.6) is 0 Å². The summed E-state index contributed by atoms with van der Waals surface area (Å²) in [6.45, 7) is 11.3. The Morgan fingerprint density at radius 1 is 1.07 bits per heavy atom. The van der Waals surface area contributed by atoms with Crippen LogP contribution in [0.4, 0.5) is 0 Å². The number of hydrogen-bond acceptors (Lipinski definition) is 3. The molecule has 3 rings (SSSR count). The molecule has 2 fully saturated rings. The minimum atomic E-state index is -3.41. The molecule has 1 saturated heterocycles. The van der Waals surface area contributed by atoms with Gasteiger partial charge in [-0.25, -0.2) is 8.42 Å². The molecule has 1 aliphatic heterocycles. The Balaban J connectivity index is 1.61. The molecule has 0 radical (unpaired) electrons. The maximum absolute atomic E-state index is 13.0. The van der Waals surface area contributed by atoms with Gasteiger partial charge in [0.1, 0.15) is 0 Å². The topological polar surface area (TPSA) is 40.6 Å². The molecular weight excluding hydrogens is 356 g/mol. The summed E-state index contributed by atoms with van der Waals surface area (Å²) in [5.41, 5.74) is 1.38. The minimum Gasteiger partial charge on any atom is -0.300 e. The summed E-state index contributed by atoms with van der Waals surface area (Å²) in [4.78, 5) is 3.04. The molecule has 2 atom stereocenters. The van der Waals surface area contributed by atoms with Gasteiger partial charge in [0.15, 0.2) is 0 Å². The average Bonchev–Trinajstić information content (AvgIpc) is 3.10. The Hall–Kier alpha value is -0.910. The van der Waals surface area contributed by atoms with Crippen molar-refractivity contribution in [2.75, 3.05) is 20.1 Å². The van der Waals surface area contributed by atoms with Gasteiger partial charge in [0.2, 0.25) is 10.0 Å². The predicted molar refractivity (Wildman–Crippen MR) is 111 cm³/mol. The molecule has 2 aliphatic rings. The van der Waals surface area contributed by atoms with Crippen molar-refractivity contribution in [3.63, 3.8) is 0 Å². The Morgan fingerprint density at radius 3 is 2.33 bits per heavy atom. The molecule has 152 valence electrons. The van der Waals surface area contributed by atoms with Gasteiger partial charge < -0.3 is 4.90 Å². The molecule has 1 saturated carbocycles. The zero-order valence-electron chi connectivity index (χ0n) is 17.6. The lowest BCUT2D eigenvalue weighted by Crippen LogP contribution is -2.44. The number of benzene rings is 1. The van der Waals surface area contributed by atoms with E-state index in [-0.39, 0.29) is 6.04 Å². The molecular formula is C22H36N2O2S. The van der Waals surface area contributed by atoms with Gasteiger partial charge >= 0.3 is 0 Å². The second-order valence-electron chi connectivity index (χ2n) is 9.63. The van der Waals surface area contributed by atoms with E-state index in [1.807, 2.05) is 19.1 Å². The largest absolute Gasteiger partial charge is 0.300 e. The highest BCUT2D eigenvalue weighted by atomic mass is 32.2. The first-order valence-electron chi connectivity index (χ1n) is 10.4. The van der Waals surface area contributed by atoms with Gasteiger partial charge in [-0.3, -0.25) is 0 Å².